The molecule has 2 aromatic rings. The zero-order valence-corrected chi connectivity index (χ0v) is 20.6. The fourth-order valence-electron chi connectivity index (χ4n) is 4.43. The van der Waals surface area contributed by atoms with Crippen LogP contribution in [0.3, 0.4) is 0 Å². The van der Waals surface area contributed by atoms with E-state index in [4.69, 9.17) is 9.47 Å². The zero-order chi connectivity index (χ0) is 25.7. The van der Waals surface area contributed by atoms with Crippen LogP contribution in [0.2, 0.25) is 0 Å². The number of nitrogens with one attached hydrogen (secondary N) is 2. The van der Waals surface area contributed by atoms with Crippen molar-refractivity contribution in [3.05, 3.63) is 35.3 Å². The van der Waals surface area contributed by atoms with Crippen molar-refractivity contribution >= 4 is 23.4 Å². The van der Waals surface area contributed by atoms with Gasteiger partial charge in [0.2, 0.25) is 11.9 Å². The second-order valence-electron chi connectivity index (χ2n) is 10.1. The molecule has 1 amide bonds. The first-order valence-corrected chi connectivity index (χ1v) is 11.5. The van der Waals surface area contributed by atoms with Gasteiger partial charge in [-0.3, -0.25) is 4.79 Å². The first-order chi connectivity index (χ1) is 16.3. The van der Waals surface area contributed by atoms with Gasteiger partial charge in [-0.15, -0.1) is 0 Å². The van der Waals surface area contributed by atoms with Gasteiger partial charge >= 0.3 is 0 Å². The number of aryl methyl sites for hydroxylation is 1. The monoisotopic (exact) mass is 493 g/mol. The van der Waals surface area contributed by atoms with Crippen LogP contribution in [-0.4, -0.2) is 52.8 Å². The van der Waals surface area contributed by atoms with Gasteiger partial charge in [0.1, 0.15) is 23.6 Å². The van der Waals surface area contributed by atoms with Gasteiger partial charge < -0.3 is 25.0 Å². The van der Waals surface area contributed by atoms with E-state index in [2.05, 4.69) is 20.6 Å². The highest BCUT2D eigenvalue weighted by atomic mass is 19.2. The predicted octanol–water partition coefficient (Wildman–Crippen LogP) is 4.18. The molecule has 1 fully saturated rings. The molecule has 2 atom stereocenters. The number of nitrogens with zero attached hydrogens (tertiary/aromatic N) is 3. The second kappa shape index (κ2) is 9.18. The summed E-state index contributed by atoms with van der Waals surface area (Å²) in [6.45, 7) is 9.46. The molecule has 0 unspecified atom stereocenters. The number of fused-ring (bicyclic) bond motifs is 1. The number of carbonyl (C=O) groups excluding carboxylic acids is 1. The van der Waals surface area contributed by atoms with E-state index in [-0.39, 0.29) is 29.9 Å². The summed E-state index contributed by atoms with van der Waals surface area (Å²) < 4.78 is 51.5. The van der Waals surface area contributed by atoms with E-state index in [1.165, 1.54) is 0 Å². The van der Waals surface area contributed by atoms with Crippen LogP contribution >= 0.6 is 0 Å². The lowest BCUT2D eigenvalue weighted by molar-refractivity contribution is -0.124. The molecule has 1 aromatic heterocycles. The smallest absolute Gasteiger partial charge is 0.249 e. The zero-order valence-electron chi connectivity index (χ0n) is 20.6. The van der Waals surface area contributed by atoms with Gasteiger partial charge in [-0.2, -0.15) is 4.98 Å². The fraction of sp³-hybridized carbons (Fsp3) is 0.542. The normalized spacial score (nSPS) is 22.7. The summed E-state index contributed by atoms with van der Waals surface area (Å²) in [6, 6.07) is 1.08. The Morgan fingerprint density at radius 2 is 1.80 bits per heavy atom. The van der Waals surface area contributed by atoms with Crippen molar-refractivity contribution in [1.29, 1.82) is 0 Å². The fourth-order valence-corrected chi connectivity index (χ4v) is 4.43. The number of rotatable bonds is 6. The molecule has 2 N–H and O–H groups in total. The van der Waals surface area contributed by atoms with Crippen LogP contribution in [-0.2, 0) is 9.53 Å². The Morgan fingerprint density at radius 1 is 1.17 bits per heavy atom. The van der Waals surface area contributed by atoms with Crippen LogP contribution in [0.5, 0.6) is 5.75 Å². The Morgan fingerprint density at radius 3 is 2.40 bits per heavy atom. The van der Waals surface area contributed by atoms with Crippen molar-refractivity contribution in [1.82, 2.24) is 9.97 Å². The molecule has 4 rings (SSSR count). The highest BCUT2D eigenvalue weighted by Crippen LogP contribution is 2.35. The summed E-state index contributed by atoms with van der Waals surface area (Å²) >= 11 is 0. The number of anilines is 3. The number of ether oxygens (including phenoxy) is 2. The highest BCUT2D eigenvalue weighted by molar-refractivity contribution is 6.03. The van der Waals surface area contributed by atoms with E-state index in [1.807, 2.05) is 27.7 Å². The third-order valence-corrected chi connectivity index (χ3v) is 6.01. The summed E-state index contributed by atoms with van der Waals surface area (Å²) in [5.74, 6) is -3.36. The topological polar surface area (TPSA) is 88.6 Å². The molecule has 1 aliphatic carbocycles. The first-order valence-electron chi connectivity index (χ1n) is 11.5. The maximum absolute atomic E-state index is 13.4. The van der Waals surface area contributed by atoms with Crippen molar-refractivity contribution < 1.29 is 27.4 Å². The van der Waals surface area contributed by atoms with Crippen LogP contribution in [0.4, 0.5) is 30.6 Å². The number of benzene rings is 1. The lowest BCUT2D eigenvalue weighted by atomic mass is 9.89. The quantitative estimate of drug-likeness (QED) is 0.584. The van der Waals surface area contributed by atoms with E-state index in [0.29, 0.717) is 36.0 Å². The molecule has 2 heterocycles. The lowest BCUT2D eigenvalue weighted by Gasteiger charge is -2.40. The van der Waals surface area contributed by atoms with Crippen molar-refractivity contribution in [2.45, 2.75) is 77.4 Å². The molecule has 0 bridgehead atoms. The molecule has 1 aliphatic heterocycles. The summed E-state index contributed by atoms with van der Waals surface area (Å²) in [5, 5.41) is 6.16. The lowest BCUT2D eigenvalue weighted by Crippen LogP contribution is -2.54. The number of carbonyl (C=O) groups is 1. The van der Waals surface area contributed by atoms with Crippen LogP contribution < -0.4 is 20.3 Å². The number of hydrogen-bond acceptors (Lipinski definition) is 7. The standard InChI is InChI=1S/C24H30F3N5O3/c1-11-19-21(32(6)20(22(33)30-19)12(2)35-24(3,4)5)31-23(28-11)29-13-7-14(8-13)34-15-9-16(25)18(27)17(26)10-15/h9-10,12-14,20H,7-8H2,1-6H3,(H,30,33)(H,28,29,31)/t12-,13-,14-,20-/m0/s1. The average Bonchev–Trinajstić information content (AvgIpc) is 2.70. The Kier molecular flexibility index (Phi) is 6.56. The minimum atomic E-state index is -1.52. The Hall–Kier alpha value is -3.08. The molecular weight excluding hydrogens is 463 g/mol. The first kappa shape index (κ1) is 25.0. The van der Waals surface area contributed by atoms with Crippen molar-refractivity contribution in [3.8, 4) is 5.75 Å². The highest BCUT2D eigenvalue weighted by Gasteiger charge is 2.39. The molecule has 0 saturated heterocycles. The van der Waals surface area contributed by atoms with Crippen LogP contribution in [0.25, 0.3) is 0 Å². The molecule has 2 aliphatic rings. The molecular formula is C24H30F3N5O3. The molecule has 8 nitrogen and oxygen atoms in total. The molecule has 35 heavy (non-hydrogen) atoms. The summed E-state index contributed by atoms with van der Waals surface area (Å²) in [6.07, 6.45) is 0.431. The van der Waals surface area contributed by atoms with E-state index in [9.17, 15) is 18.0 Å². The van der Waals surface area contributed by atoms with Crippen LogP contribution in [0, 0.1) is 24.4 Å². The molecule has 190 valence electrons. The van der Waals surface area contributed by atoms with Crippen LogP contribution in [0.1, 0.15) is 46.2 Å². The third-order valence-electron chi connectivity index (χ3n) is 6.01. The molecule has 0 spiro atoms. The third kappa shape index (κ3) is 5.29. The van der Waals surface area contributed by atoms with Crippen molar-refractivity contribution in [2.24, 2.45) is 0 Å². The largest absolute Gasteiger partial charge is 0.490 e. The Labute approximate surface area is 202 Å². The minimum Gasteiger partial charge on any atom is -0.490 e. The second-order valence-corrected chi connectivity index (χ2v) is 10.1. The van der Waals surface area contributed by atoms with Gasteiger partial charge in [0.25, 0.3) is 0 Å². The number of likely N-dealkylation sites (N-methyl/N-ethyl adjacent to an activating group) is 1. The van der Waals surface area contributed by atoms with Crippen molar-refractivity contribution in [2.75, 3.05) is 22.6 Å². The SMILES string of the molecule is Cc1nc(N[C@H]2C[C@H](Oc3cc(F)c(F)c(F)c3)C2)nc2c1NC(=O)[C@H]([C@H](C)OC(C)(C)C)N2C. The maximum Gasteiger partial charge on any atom is 0.249 e. The van der Waals surface area contributed by atoms with Gasteiger partial charge in [-0.1, -0.05) is 0 Å². The van der Waals surface area contributed by atoms with Gasteiger partial charge in [-0.05, 0) is 34.6 Å². The van der Waals surface area contributed by atoms with Crippen molar-refractivity contribution in [3.63, 3.8) is 0 Å². The van der Waals surface area contributed by atoms with Crippen LogP contribution in [0.15, 0.2) is 12.1 Å². The van der Waals surface area contributed by atoms with Gasteiger partial charge in [0, 0.05) is 38.1 Å². The molecule has 0 radical (unpaired) electrons. The Bertz CT molecular complexity index is 1110. The minimum absolute atomic E-state index is 0.0185. The van der Waals surface area contributed by atoms with E-state index < -0.39 is 29.1 Å². The average molecular weight is 494 g/mol. The summed E-state index contributed by atoms with van der Waals surface area (Å²) in [4.78, 5) is 23.7. The Balaban J connectivity index is 1.42. The molecule has 1 saturated carbocycles. The van der Waals surface area contributed by atoms with Gasteiger partial charge in [0.15, 0.2) is 23.3 Å². The van der Waals surface area contributed by atoms with E-state index >= 15 is 0 Å². The van der Waals surface area contributed by atoms with Gasteiger partial charge in [0.05, 0.1) is 17.4 Å². The molecule has 11 heteroatoms. The number of hydrogen-bond donors (Lipinski definition) is 2. The van der Waals surface area contributed by atoms with Gasteiger partial charge in [-0.25, -0.2) is 18.2 Å². The molecule has 1 aromatic carbocycles. The maximum atomic E-state index is 13.4. The van der Waals surface area contributed by atoms with E-state index in [0.717, 1.165) is 12.1 Å². The summed E-state index contributed by atoms with van der Waals surface area (Å²) in [7, 11) is 1.80. The number of amides is 1. The number of halogens is 3. The number of aromatic nitrogens is 2. The predicted molar refractivity (Wildman–Crippen MR) is 125 cm³/mol. The van der Waals surface area contributed by atoms with E-state index in [1.54, 1.807) is 18.9 Å². The summed E-state index contributed by atoms with van der Waals surface area (Å²) in [5.41, 5.74) is 0.756.